The summed E-state index contributed by atoms with van der Waals surface area (Å²) in [5.74, 6) is -0.802. The largest absolute Gasteiger partial charge is 0.393 e. The molecule has 0 saturated carbocycles. The van der Waals surface area contributed by atoms with Crippen molar-refractivity contribution in [1.82, 2.24) is 0 Å². The summed E-state index contributed by atoms with van der Waals surface area (Å²) >= 11 is 0. The van der Waals surface area contributed by atoms with E-state index in [2.05, 4.69) is 20.8 Å². The maximum atomic E-state index is 12.3. The third kappa shape index (κ3) is 3.57. The summed E-state index contributed by atoms with van der Waals surface area (Å²) < 4.78 is 4.99. The molecule has 1 aromatic carbocycles. The first-order chi connectivity index (χ1) is 10.6. The van der Waals surface area contributed by atoms with Crippen molar-refractivity contribution >= 4 is 11.9 Å². The Labute approximate surface area is 133 Å². The zero-order valence-corrected chi connectivity index (χ0v) is 13.7. The van der Waals surface area contributed by atoms with Crippen molar-refractivity contribution in [3.8, 4) is 0 Å². The molecule has 1 heterocycles. The predicted octanol–water partition coefficient (Wildman–Crippen LogP) is 4.32. The molecule has 120 valence electrons. The van der Waals surface area contributed by atoms with Crippen LogP contribution in [0, 0.1) is 17.8 Å². The molecule has 0 radical (unpaired) electrons. The zero-order chi connectivity index (χ0) is 16.1. The van der Waals surface area contributed by atoms with E-state index in [-0.39, 0.29) is 29.7 Å². The average molecular weight is 302 g/mol. The van der Waals surface area contributed by atoms with Gasteiger partial charge >= 0.3 is 11.9 Å². The zero-order valence-electron chi connectivity index (χ0n) is 13.7. The number of rotatable bonds is 7. The van der Waals surface area contributed by atoms with Gasteiger partial charge in [-0.1, -0.05) is 63.9 Å². The molecular weight excluding hydrogens is 276 g/mol. The Kier molecular flexibility index (Phi) is 5.76. The lowest BCUT2D eigenvalue weighted by Crippen LogP contribution is -2.26. The van der Waals surface area contributed by atoms with Gasteiger partial charge in [-0.3, -0.25) is 9.59 Å². The molecule has 0 aromatic heterocycles. The highest BCUT2D eigenvalue weighted by Gasteiger charge is 2.48. The standard InChI is InChI=1S/C19H26O3/c1-4-9-13(3)12-16-17(19(21)22-18(16)20)15(5-2)14-10-7-6-8-11-14/h6-8,10-11,13,15-17H,4-5,9,12H2,1-3H3. The first-order valence-electron chi connectivity index (χ1n) is 8.38. The van der Waals surface area contributed by atoms with Crippen LogP contribution >= 0.6 is 0 Å². The molecular formula is C19H26O3. The van der Waals surface area contributed by atoms with Crippen molar-refractivity contribution in [3.63, 3.8) is 0 Å². The van der Waals surface area contributed by atoms with Crippen molar-refractivity contribution in [2.24, 2.45) is 17.8 Å². The van der Waals surface area contributed by atoms with E-state index < -0.39 is 0 Å². The summed E-state index contributed by atoms with van der Waals surface area (Å²) in [5, 5.41) is 0. The minimum absolute atomic E-state index is 0.0546. The van der Waals surface area contributed by atoms with Gasteiger partial charge in [0, 0.05) is 0 Å². The Morgan fingerprint density at radius 3 is 2.36 bits per heavy atom. The van der Waals surface area contributed by atoms with Crippen molar-refractivity contribution in [2.75, 3.05) is 0 Å². The van der Waals surface area contributed by atoms with Crippen molar-refractivity contribution in [2.45, 2.75) is 52.4 Å². The molecule has 3 heteroatoms. The summed E-state index contributed by atoms with van der Waals surface area (Å²) in [6.07, 6.45) is 3.74. The van der Waals surface area contributed by atoms with Gasteiger partial charge in [0.05, 0.1) is 11.8 Å². The molecule has 0 N–H and O–H groups in total. The lowest BCUT2D eigenvalue weighted by Gasteiger charge is -2.25. The molecule has 1 aromatic rings. The van der Waals surface area contributed by atoms with Gasteiger partial charge in [0.25, 0.3) is 0 Å². The second kappa shape index (κ2) is 7.57. The summed E-state index contributed by atoms with van der Waals surface area (Å²) in [6.45, 7) is 6.37. The lowest BCUT2D eigenvalue weighted by atomic mass is 9.74. The predicted molar refractivity (Wildman–Crippen MR) is 86.2 cm³/mol. The smallest absolute Gasteiger partial charge is 0.318 e. The van der Waals surface area contributed by atoms with Gasteiger partial charge in [-0.05, 0) is 30.2 Å². The van der Waals surface area contributed by atoms with E-state index in [0.717, 1.165) is 31.2 Å². The van der Waals surface area contributed by atoms with E-state index in [0.29, 0.717) is 5.92 Å². The number of carbonyl (C=O) groups is 2. The monoisotopic (exact) mass is 302 g/mol. The highest BCUT2D eigenvalue weighted by Crippen LogP contribution is 2.41. The van der Waals surface area contributed by atoms with Crippen molar-refractivity contribution in [1.29, 1.82) is 0 Å². The van der Waals surface area contributed by atoms with Crippen LogP contribution in [0.2, 0.25) is 0 Å². The van der Waals surface area contributed by atoms with Crippen LogP contribution in [0.3, 0.4) is 0 Å². The number of esters is 2. The molecule has 1 saturated heterocycles. The molecule has 1 fully saturated rings. The molecule has 2 rings (SSSR count). The first kappa shape index (κ1) is 16.7. The fourth-order valence-corrected chi connectivity index (χ4v) is 3.68. The minimum Gasteiger partial charge on any atom is -0.393 e. The molecule has 0 bridgehead atoms. The Morgan fingerprint density at radius 2 is 1.77 bits per heavy atom. The number of hydrogen-bond acceptors (Lipinski definition) is 3. The van der Waals surface area contributed by atoms with Crippen molar-refractivity contribution < 1.29 is 14.3 Å². The third-order valence-electron chi connectivity index (χ3n) is 4.75. The van der Waals surface area contributed by atoms with Gasteiger partial charge < -0.3 is 4.74 Å². The van der Waals surface area contributed by atoms with Crippen LogP contribution in [0.15, 0.2) is 30.3 Å². The first-order valence-corrected chi connectivity index (χ1v) is 8.38. The molecule has 1 aliphatic heterocycles. The summed E-state index contributed by atoms with van der Waals surface area (Å²) in [6, 6.07) is 10.0. The van der Waals surface area contributed by atoms with Crippen LogP contribution < -0.4 is 0 Å². The van der Waals surface area contributed by atoms with Gasteiger partial charge in [0.15, 0.2) is 0 Å². The van der Waals surface area contributed by atoms with Crippen LogP contribution in [-0.2, 0) is 14.3 Å². The van der Waals surface area contributed by atoms with Crippen molar-refractivity contribution in [3.05, 3.63) is 35.9 Å². The molecule has 4 atom stereocenters. The molecule has 0 amide bonds. The molecule has 3 nitrogen and oxygen atoms in total. The van der Waals surface area contributed by atoms with Gasteiger partial charge in [0.1, 0.15) is 0 Å². The third-order valence-corrected chi connectivity index (χ3v) is 4.75. The maximum absolute atomic E-state index is 12.3. The maximum Gasteiger partial charge on any atom is 0.318 e. The minimum atomic E-state index is -0.339. The molecule has 22 heavy (non-hydrogen) atoms. The van der Waals surface area contributed by atoms with E-state index in [1.54, 1.807) is 0 Å². The van der Waals surface area contributed by atoms with Crippen LogP contribution in [0.5, 0.6) is 0 Å². The number of carbonyl (C=O) groups excluding carboxylic acids is 2. The Balaban J connectivity index is 2.24. The van der Waals surface area contributed by atoms with E-state index >= 15 is 0 Å². The fourth-order valence-electron chi connectivity index (χ4n) is 3.68. The highest BCUT2D eigenvalue weighted by atomic mass is 16.6. The SMILES string of the molecule is CCCC(C)CC1C(=O)OC(=O)C1C(CC)c1ccccc1. The highest BCUT2D eigenvalue weighted by molar-refractivity contribution is 5.97. The average Bonchev–Trinajstić information content (AvgIpc) is 2.77. The lowest BCUT2D eigenvalue weighted by molar-refractivity contribution is -0.154. The normalized spacial score (nSPS) is 24.1. The molecule has 4 unspecified atom stereocenters. The molecule has 1 aliphatic rings. The second-order valence-corrected chi connectivity index (χ2v) is 6.43. The van der Waals surface area contributed by atoms with E-state index in [1.165, 1.54) is 0 Å². The number of ether oxygens (including phenoxy) is 1. The Bertz CT molecular complexity index is 509. The summed E-state index contributed by atoms with van der Waals surface area (Å²) in [7, 11) is 0. The van der Waals surface area contributed by atoms with E-state index in [4.69, 9.17) is 4.74 Å². The second-order valence-electron chi connectivity index (χ2n) is 6.43. The Morgan fingerprint density at radius 1 is 1.09 bits per heavy atom. The summed E-state index contributed by atoms with van der Waals surface area (Å²) in [5.41, 5.74) is 1.12. The van der Waals surface area contributed by atoms with Crippen LogP contribution in [0.25, 0.3) is 0 Å². The number of benzene rings is 1. The Hall–Kier alpha value is -1.64. The van der Waals surface area contributed by atoms with Crippen LogP contribution in [0.1, 0.15) is 57.9 Å². The molecule has 0 aliphatic carbocycles. The molecule has 0 spiro atoms. The van der Waals surface area contributed by atoms with Gasteiger partial charge in [-0.25, -0.2) is 0 Å². The number of hydrogen-bond donors (Lipinski definition) is 0. The van der Waals surface area contributed by atoms with Crippen LogP contribution in [-0.4, -0.2) is 11.9 Å². The quantitative estimate of drug-likeness (QED) is 0.556. The van der Waals surface area contributed by atoms with E-state index in [9.17, 15) is 9.59 Å². The topological polar surface area (TPSA) is 43.4 Å². The van der Waals surface area contributed by atoms with E-state index in [1.807, 2.05) is 30.3 Å². The van der Waals surface area contributed by atoms with Crippen LogP contribution in [0.4, 0.5) is 0 Å². The van der Waals surface area contributed by atoms with Gasteiger partial charge in [-0.15, -0.1) is 0 Å². The fraction of sp³-hybridized carbons (Fsp3) is 0.579. The van der Waals surface area contributed by atoms with Gasteiger partial charge in [-0.2, -0.15) is 0 Å². The number of cyclic esters (lactones) is 2. The van der Waals surface area contributed by atoms with Gasteiger partial charge in [0.2, 0.25) is 0 Å². The summed E-state index contributed by atoms with van der Waals surface area (Å²) in [4.78, 5) is 24.4.